The van der Waals surface area contributed by atoms with E-state index >= 15 is 0 Å². The highest BCUT2D eigenvalue weighted by molar-refractivity contribution is 5.86. The number of para-hydroxylation sites is 1. The normalized spacial score (nSPS) is 9.78. The van der Waals surface area contributed by atoms with Crippen LogP contribution in [0.15, 0.2) is 72.8 Å². The van der Waals surface area contributed by atoms with Gasteiger partial charge in [0.1, 0.15) is 0 Å². The molecule has 0 unspecified atom stereocenters. The Hall–Kier alpha value is -1.99. The second-order valence-corrected chi connectivity index (χ2v) is 4.05. The van der Waals surface area contributed by atoms with Crippen LogP contribution in [0.5, 0.6) is 0 Å². The van der Waals surface area contributed by atoms with Crippen molar-refractivity contribution >= 4 is 34.6 Å². The third-order valence-electron chi connectivity index (χ3n) is 2.81. The number of hydrogen-bond donors (Lipinski definition) is 1. The number of anilines is 2. The van der Waals surface area contributed by atoms with Crippen molar-refractivity contribution in [3.05, 3.63) is 72.8 Å². The van der Waals surface area contributed by atoms with E-state index in [2.05, 4.69) is 59.9 Å². The van der Waals surface area contributed by atoms with E-state index in [0.29, 0.717) is 0 Å². The summed E-state index contributed by atoms with van der Waals surface area (Å²) in [6, 6.07) is 25.0. The average molecular weight is 256 g/mol. The van der Waals surface area contributed by atoms with Crippen LogP contribution in [0.2, 0.25) is 0 Å². The Balaban J connectivity index is 0.00000120. The van der Waals surface area contributed by atoms with Crippen molar-refractivity contribution in [1.82, 2.24) is 0 Å². The lowest BCUT2D eigenvalue weighted by molar-refractivity contribution is 1.57. The smallest absolute Gasteiger partial charge is 0.0390 e. The van der Waals surface area contributed by atoms with Crippen molar-refractivity contribution in [1.29, 1.82) is 0 Å². The van der Waals surface area contributed by atoms with Gasteiger partial charge in [-0.2, -0.15) is 0 Å². The van der Waals surface area contributed by atoms with E-state index in [1.807, 2.05) is 18.2 Å². The summed E-state index contributed by atoms with van der Waals surface area (Å²) in [7, 11) is 0. The van der Waals surface area contributed by atoms with Gasteiger partial charge in [0.05, 0.1) is 0 Å². The van der Waals surface area contributed by atoms with Gasteiger partial charge in [0.15, 0.2) is 0 Å². The number of fused-ring (bicyclic) bond motifs is 1. The van der Waals surface area contributed by atoms with Gasteiger partial charge in [0.2, 0.25) is 0 Å². The molecule has 0 aromatic heterocycles. The Kier molecular flexibility index (Phi) is 3.85. The standard InChI is InChI=1S/C16H13N.ClH/c1-2-8-15(9-3-1)17-16-11-10-13-6-4-5-7-14(13)12-16;/h1-12,17H;1H. The molecule has 0 fully saturated rings. The maximum atomic E-state index is 3.40. The summed E-state index contributed by atoms with van der Waals surface area (Å²) in [6.07, 6.45) is 0. The zero-order valence-corrected chi connectivity index (χ0v) is 10.7. The van der Waals surface area contributed by atoms with Gasteiger partial charge in [-0.3, -0.25) is 0 Å². The molecule has 0 bridgehead atoms. The fourth-order valence-electron chi connectivity index (χ4n) is 1.96. The van der Waals surface area contributed by atoms with Gasteiger partial charge in [0, 0.05) is 11.4 Å². The lowest BCUT2D eigenvalue weighted by Crippen LogP contribution is -1.89. The predicted octanol–water partition coefficient (Wildman–Crippen LogP) is 5.01. The highest BCUT2D eigenvalue weighted by Gasteiger charge is 1.96. The molecule has 0 aliphatic heterocycles. The van der Waals surface area contributed by atoms with Crippen LogP contribution in [0.25, 0.3) is 10.8 Å². The Labute approximate surface area is 113 Å². The van der Waals surface area contributed by atoms with Gasteiger partial charge in [0.25, 0.3) is 0 Å². The maximum absolute atomic E-state index is 3.40. The molecule has 0 amide bonds. The lowest BCUT2D eigenvalue weighted by atomic mass is 10.1. The summed E-state index contributed by atoms with van der Waals surface area (Å²) < 4.78 is 0. The molecule has 3 aromatic rings. The minimum Gasteiger partial charge on any atom is -0.356 e. The molecule has 2 heteroatoms. The summed E-state index contributed by atoms with van der Waals surface area (Å²) in [5, 5.41) is 5.92. The van der Waals surface area contributed by atoms with Crippen LogP contribution in [0, 0.1) is 0 Å². The van der Waals surface area contributed by atoms with Gasteiger partial charge in [-0.15, -0.1) is 12.4 Å². The van der Waals surface area contributed by atoms with Crippen molar-refractivity contribution in [3.63, 3.8) is 0 Å². The molecule has 0 saturated carbocycles. The zero-order valence-electron chi connectivity index (χ0n) is 9.84. The first kappa shape index (κ1) is 12.5. The minimum absolute atomic E-state index is 0. The molecule has 0 aliphatic carbocycles. The summed E-state index contributed by atoms with van der Waals surface area (Å²) in [4.78, 5) is 0. The second-order valence-electron chi connectivity index (χ2n) is 4.05. The highest BCUT2D eigenvalue weighted by atomic mass is 35.5. The summed E-state index contributed by atoms with van der Waals surface area (Å²) in [5.74, 6) is 0. The first-order valence-corrected chi connectivity index (χ1v) is 5.73. The number of nitrogens with one attached hydrogen (secondary N) is 1. The zero-order chi connectivity index (χ0) is 11.5. The van der Waals surface area contributed by atoms with Gasteiger partial charge in [-0.05, 0) is 35.0 Å². The molecule has 0 spiro atoms. The molecule has 3 rings (SSSR count). The Bertz CT molecular complexity index is 635. The molecule has 0 aliphatic rings. The van der Waals surface area contributed by atoms with Crippen molar-refractivity contribution in [2.24, 2.45) is 0 Å². The van der Waals surface area contributed by atoms with Crippen LogP contribution >= 0.6 is 12.4 Å². The minimum atomic E-state index is 0. The quantitative estimate of drug-likeness (QED) is 0.679. The Morgan fingerprint density at radius 1 is 0.556 bits per heavy atom. The van der Waals surface area contributed by atoms with Crippen LogP contribution in [0.1, 0.15) is 0 Å². The highest BCUT2D eigenvalue weighted by Crippen LogP contribution is 2.21. The van der Waals surface area contributed by atoms with Crippen LogP contribution in [-0.4, -0.2) is 0 Å². The Morgan fingerprint density at radius 2 is 1.22 bits per heavy atom. The monoisotopic (exact) mass is 255 g/mol. The lowest BCUT2D eigenvalue weighted by Gasteiger charge is -2.07. The fraction of sp³-hybridized carbons (Fsp3) is 0. The van der Waals surface area contributed by atoms with Crippen molar-refractivity contribution in [2.75, 3.05) is 5.32 Å². The van der Waals surface area contributed by atoms with Crippen LogP contribution in [-0.2, 0) is 0 Å². The molecule has 0 saturated heterocycles. The van der Waals surface area contributed by atoms with Crippen molar-refractivity contribution in [3.8, 4) is 0 Å². The van der Waals surface area contributed by atoms with Crippen molar-refractivity contribution < 1.29 is 0 Å². The largest absolute Gasteiger partial charge is 0.356 e. The van der Waals surface area contributed by atoms with Crippen LogP contribution in [0.4, 0.5) is 11.4 Å². The molecular formula is C16H14ClN. The number of benzene rings is 3. The average Bonchev–Trinajstić information content (AvgIpc) is 2.40. The van der Waals surface area contributed by atoms with Gasteiger partial charge in [-0.25, -0.2) is 0 Å². The topological polar surface area (TPSA) is 12.0 Å². The maximum Gasteiger partial charge on any atom is 0.0390 e. The molecule has 18 heavy (non-hydrogen) atoms. The van der Waals surface area contributed by atoms with E-state index in [4.69, 9.17) is 0 Å². The molecule has 90 valence electrons. The molecule has 1 N–H and O–H groups in total. The van der Waals surface area contributed by atoms with E-state index in [0.717, 1.165) is 11.4 Å². The van der Waals surface area contributed by atoms with Crippen LogP contribution in [0.3, 0.4) is 0 Å². The number of hydrogen-bond acceptors (Lipinski definition) is 1. The molecule has 0 heterocycles. The number of rotatable bonds is 2. The van der Waals surface area contributed by atoms with Gasteiger partial charge < -0.3 is 5.32 Å². The van der Waals surface area contributed by atoms with E-state index in [1.165, 1.54) is 10.8 Å². The summed E-state index contributed by atoms with van der Waals surface area (Å²) >= 11 is 0. The third-order valence-corrected chi connectivity index (χ3v) is 2.81. The fourth-order valence-corrected chi connectivity index (χ4v) is 1.96. The van der Waals surface area contributed by atoms with Gasteiger partial charge >= 0.3 is 0 Å². The van der Waals surface area contributed by atoms with Crippen LogP contribution < -0.4 is 5.32 Å². The molecule has 0 radical (unpaired) electrons. The molecular weight excluding hydrogens is 242 g/mol. The van der Waals surface area contributed by atoms with Gasteiger partial charge in [-0.1, -0.05) is 48.5 Å². The predicted molar refractivity (Wildman–Crippen MR) is 80.9 cm³/mol. The van der Waals surface area contributed by atoms with E-state index in [9.17, 15) is 0 Å². The summed E-state index contributed by atoms with van der Waals surface area (Å²) in [6.45, 7) is 0. The first-order valence-electron chi connectivity index (χ1n) is 5.73. The van der Waals surface area contributed by atoms with E-state index in [-0.39, 0.29) is 12.4 Å². The first-order chi connectivity index (χ1) is 8.42. The third kappa shape index (κ3) is 2.63. The molecule has 0 atom stereocenters. The SMILES string of the molecule is Cl.c1ccc(Nc2ccc3ccccc3c2)cc1. The van der Waals surface area contributed by atoms with Crippen molar-refractivity contribution in [2.45, 2.75) is 0 Å². The second kappa shape index (κ2) is 5.56. The Morgan fingerprint density at radius 3 is 2.00 bits per heavy atom. The molecule has 3 aromatic carbocycles. The van der Waals surface area contributed by atoms with E-state index in [1.54, 1.807) is 0 Å². The summed E-state index contributed by atoms with van der Waals surface area (Å²) in [5.41, 5.74) is 2.23. The van der Waals surface area contributed by atoms with E-state index < -0.39 is 0 Å². The molecule has 1 nitrogen and oxygen atoms in total. The number of halogens is 1.